The molecule has 1 aromatic rings. The number of amides is 1. The molecule has 1 aliphatic heterocycles. The molecular formula is C15H20ClFN2O2. The first kappa shape index (κ1) is 16.0. The van der Waals surface area contributed by atoms with Crippen LogP contribution in [-0.4, -0.2) is 42.6 Å². The molecule has 0 radical (unpaired) electrons. The first-order valence-corrected chi connectivity index (χ1v) is 7.45. The molecule has 1 N–H and O–H groups in total. The highest BCUT2D eigenvalue weighted by molar-refractivity contribution is 6.32. The molecule has 0 bridgehead atoms. The van der Waals surface area contributed by atoms with Gasteiger partial charge in [-0.3, -0.25) is 4.79 Å². The van der Waals surface area contributed by atoms with Crippen LogP contribution in [0.3, 0.4) is 0 Å². The van der Waals surface area contributed by atoms with Crippen LogP contribution in [0.15, 0.2) is 18.2 Å². The maximum Gasteiger partial charge on any atom is 0.226 e. The Kier molecular flexibility index (Phi) is 5.42. The Bertz CT molecular complexity index is 502. The van der Waals surface area contributed by atoms with E-state index in [0.717, 1.165) is 0 Å². The molecule has 4 nitrogen and oxygen atoms in total. The average molecular weight is 315 g/mol. The van der Waals surface area contributed by atoms with Gasteiger partial charge in [-0.15, -0.1) is 0 Å². The largest absolute Gasteiger partial charge is 0.491 e. The number of carbonyl (C=O) groups excluding carboxylic acids is 1. The number of rotatable bonds is 4. The van der Waals surface area contributed by atoms with E-state index in [1.54, 1.807) is 0 Å². The molecule has 21 heavy (non-hydrogen) atoms. The van der Waals surface area contributed by atoms with Crippen molar-refractivity contribution in [3.8, 4) is 5.75 Å². The normalized spacial score (nSPS) is 22.2. The molecular weight excluding hydrogens is 295 g/mol. The van der Waals surface area contributed by atoms with Crippen LogP contribution in [0.25, 0.3) is 0 Å². The van der Waals surface area contributed by atoms with Crippen LogP contribution in [0.1, 0.15) is 20.3 Å². The van der Waals surface area contributed by atoms with Crippen molar-refractivity contribution in [3.05, 3.63) is 29.0 Å². The molecule has 116 valence electrons. The molecule has 1 heterocycles. The molecule has 0 saturated carbocycles. The van der Waals surface area contributed by atoms with E-state index in [9.17, 15) is 9.18 Å². The van der Waals surface area contributed by atoms with Crippen LogP contribution in [0.2, 0.25) is 5.02 Å². The fourth-order valence-corrected chi connectivity index (χ4v) is 2.75. The van der Waals surface area contributed by atoms with Gasteiger partial charge in [0.25, 0.3) is 0 Å². The maximum atomic E-state index is 12.9. The third-order valence-electron chi connectivity index (χ3n) is 3.38. The molecule has 1 aliphatic rings. The number of hydrogen-bond acceptors (Lipinski definition) is 3. The Morgan fingerprint density at radius 3 is 2.71 bits per heavy atom. The smallest absolute Gasteiger partial charge is 0.226 e. The number of nitrogens with zero attached hydrogens (tertiary/aromatic N) is 1. The highest BCUT2D eigenvalue weighted by Gasteiger charge is 2.24. The van der Waals surface area contributed by atoms with Crippen molar-refractivity contribution in [2.45, 2.75) is 32.4 Å². The lowest BCUT2D eigenvalue weighted by atomic mass is 10.1. The maximum absolute atomic E-state index is 12.9. The van der Waals surface area contributed by atoms with Crippen molar-refractivity contribution in [1.82, 2.24) is 10.2 Å². The van der Waals surface area contributed by atoms with E-state index in [1.165, 1.54) is 18.2 Å². The molecule has 1 fully saturated rings. The molecule has 0 aliphatic carbocycles. The fraction of sp³-hybridized carbons (Fsp3) is 0.533. The summed E-state index contributed by atoms with van der Waals surface area (Å²) < 4.78 is 18.4. The summed E-state index contributed by atoms with van der Waals surface area (Å²) in [6, 6.07) is 4.54. The van der Waals surface area contributed by atoms with Crippen molar-refractivity contribution in [3.63, 3.8) is 0 Å². The Labute approximate surface area is 129 Å². The molecule has 6 heteroatoms. The van der Waals surface area contributed by atoms with Crippen molar-refractivity contribution in [1.29, 1.82) is 0 Å². The van der Waals surface area contributed by atoms with Crippen LogP contribution in [0, 0.1) is 5.82 Å². The van der Waals surface area contributed by atoms with Gasteiger partial charge in [-0.1, -0.05) is 11.6 Å². The third kappa shape index (κ3) is 4.58. The monoisotopic (exact) mass is 314 g/mol. The van der Waals surface area contributed by atoms with E-state index in [0.29, 0.717) is 30.9 Å². The second kappa shape index (κ2) is 7.09. The first-order valence-electron chi connectivity index (χ1n) is 7.07. The predicted molar refractivity (Wildman–Crippen MR) is 80.2 cm³/mol. The lowest BCUT2D eigenvalue weighted by Gasteiger charge is -2.36. The highest BCUT2D eigenvalue weighted by atomic mass is 35.5. The van der Waals surface area contributed by atoms with E-state index in [2.05, 4.69) is 19.2 Å². The van der Waals surface area contributed by atoms with Crippen molar-refractivity contribution in [2.75, 3.05) is 19.7 Å². The quantitative estimate of drug-likeness (QED) is 0.928. The van der Waals surface area contributed by atoms with Gasteiger partial charge in [0.2, 0.25) is 5.91 Å². The van der Waals surface area contributed by atoms with Gasteiger partial charge in [0.05, 0.1) is 18.1 Å². The standard InChI is InChI=1S/C15H20ClFN2O2/c1-10-8-19(9-11(2)18-10)15(20)5-6-21-14-4-3-12(17)7-13(14)16/h3-4,7,10-11,18H,5-6,8-9H2,1-2H3/t10-,11-/m1/s1. The van der Waals surface area contributed by atoms with Crippen molar-refractivity contribution < 1.29 is 13.9 Å². The van der Waals surface area contributed by atoms with E-state index < -0.39 is 5.82 Å². The Balaban J connectivity index is 1.81. The summed E-state index contributed by atoms with van der Waals surface area (Å²) >= 11 is 5.86. The average Bonchev–Trinajstić information content (AvgIpc) is 2.40. The van der Waals surface area contributed by atoms with Crippen molar-refractivity contribution >= 4 is 17.5 Å². The third-order valence-corrected chi connectivity index (χ3v) is 3.67. The zero-order valence-corrected chi connectivity index (χ0v) is 13.0. The van der Waals surface area contributed by atoms with Crippen molar-refractivity contribution in [2.24, 2.45) is 0 Å². The number of benzene rings is 1. The summed E-state index contributed by atoms with van der Waals surface area (Å²) in [6.45, 7) is 5.77. The Morgan fingerprint density at radius 1 is 1.43 bits per heavy atom. The van der Waals surface area contributed by atoms with Gasteiger partial charge in [-0.05, 0) is 32.0 Å². The van der Waals surface area contributed by atoms with Crippen LogP contribution in [0.5, 0.6) is 5.75 Å². The summed E-state index contributed by atoms with van der Waals surface area (Å²) in [7, 11) is 0. The van der Waals surface area contributed by atoms with E-state index in [4.69, 9.17) is 16.3 Å². The molecule has 0 spiro atoms. The summed E-state index contributed by atoms with van der Waals surface area (Å²) in [5, 5.41) is 3.60. The zero-order chi connectivity index (χ0) is 15.4. The summed E-state index contributed by atoms with van der Waals surface area (Å²) in [6.07, 6.45) is 0.285. The second-order valence-electron chi connectivity index (χ2n) is 5.44. The van der Waals surface area contributed by atoms with E-state index in [1.807, 2.05) is 4.90 Å². The first-order chi connectivity index (χ1) is 9.95. The molecule has 1 amide bonds. The van der Waals surface area contributed by atoms with Crippen LogP contribution >= 0.6 is 11.6 Å². The lowest BCUT2D eigenvalue weighted by molar-refractivity contribution is -0.133. The zero-order valence-electron chi connectivity index (χ0n) is 12.2. The summed E-state index contributed by atoms with van der Waals surface area (Å²) in [5.41, 5.74) is 0. The lowest BCUT2D eigenvalue weighted by Crippen LogP contribution is -2.56. The van der Waals surface area contributed by atoms with Gasteiger partial charge in [-0.25, -0.2) is 4.39 Å². The topological polar surface area (TPSA) is 41.6 Å². The summed E-state index contributed by atoms with van der Waals surface area (Å²) in [4.78, 5) is 14.0. The highest BCUT2D eigenvalue weighted by Crippen LogP contribution is 2.24. The van der Waals surface area contributed by atoms with Gasteiger partial charge in [0.1, 0.15) is 11.6 Å². The molecule has 2 atom stereocenters. The van der Waals surface area contributed by atoms with Gasteiger partial charge in [-0.2, -0.15) is 0 Å². The fourth-order valence-electron chi connectivity index (χ4n) is 2.53. The van der Waals surface area contributed by atoms with E-state index >= 15 is 0 Å². The number of carbonyl (C=O) groups is 1. The SMILES string of the molecule is C[C@@H]1CN(C(=O)CCOc2ccc(F)cc2Cl)C[C@@H](C)N1. The molecule has 1 saturated heterocycles. The molecule has 0 aromatic heterocycles. The Morgan fingerprint density at radius 2 is 2.10 bits per heavy atom. The van der Waals surface area contributed by atoms with Gasteiger partial charge >= 0.3 is 0 Å². The molecule has 2 rings (SSSR count). The molecule has 0 unspecified atom stereocenters. The minimum Gasteiger partial charge on any atom is -0.491 e. The minimum absolute atomic E-state index is 0.0634. The number of halogens is 2. The second-order valence-corrected chi connectivity index (χ2v) is 5.85. The van der Waals surface area contributed by atoms with Gasteiger partial charge in [0.15, 0.2) is 0 Å². The van der Waals surface area contributed by atoms with Gasteiger partial charge in [0, 0.05) is 25.2 Å². The summed E-state index contributed by atoms with van der Waals surface area (Å²) in [5.74, 6) is 0.0496. The van der Waals surface area contributed by atoms with Crippen LogP contribution < -0.4 is 10.1 Å². The number of ether oxygens (including phenoxy) is 1. The van der Waals surface area contributed by atoms with Crippen LogP contribution in [-0.2, 0) is 4.79 Å². The predicted octanol–water partition coefficient (Wildman–Crippen LogP) is 2.46. The minimum atomic E-state index is -0.410. The van der Waals surface area contributed by atoms with Crippen LogP contribution in [0.4, 0.5) is 4.39 Å². The van der Waals surface area contributed by atoms with E-state index in [-0.39, 0.29) is 24.0 Å². The molecule has 1 aromatic carbocycles. The number of hydrogen-bond donors (Lipinski definition) is 1. The Hall–Kier alpha value is -1.33. The number of piperazine rings is 1. The number of nitrogens with one attached hydrogen (secondary N) is 1. The van der Waals surface area contributed by atoms with Gasteiger partial charge < -0.3 is 15.0 Å².